The van der Waals surface area contributed by atoms with Gasteiger partial charge < -0.3 is 10.6 Å². The Labute approximate surface area is 113 Å². The smallest absolute Gasteiger partial charge is 0.135 e. The molecule has 0 fully saturated rings. The molecule has 0 unspecified atom stereocenters. The van der Waals surface area contributed by atoms with Crippen LogP contribution in [-0.2, 0) is 6.42 Å². The third kappa shape index (κ3) is 3.81. The van der Waals surface area contributed by atoms with Crippen molar-refractivity contribution in [1.82, 2.24) is 9.97 Å². The van der Waals surface area contributed by atoms with E-state index in [2.05, 4.69) is 58.4 Å². The molecule has 1 heterocycles. The van der Waals surface area contributed by atoms with Crippen molar-refractivity contribution in [2.45, 2.75) is 13.3 Å². The van der Waals surface area contributed by atoms with Gasteiger partial charge in [0.1, 0.15) is 18.0 Å². The topological polar surface area (TPSA) is 49.8 Å². The monoisotopic (exact) mass is 254 g/mol. The first-order valence-corrected chi connectivity index (χ1v) is 6.34. The van der Waals surface area contributed by atoms with Crippen LogP contribution in [0.5, 0.6) is 0 Å². The summed E-state index contributed by atoms with van der Waals surface area (Å²) < 4.78 is 0. The summed E-state index contributed by atoms with van der Waals surface area (Å²) in [6, 6.07) is 10.2. The van der Waals surface area contributed by atoms with E-state index in [1.54, 1.807) is 6.08 Å². The van der Waals surface area contributed by atoms with Gasteiger partial charge in [0.25, 0.3) is 0 Å². The summed E-state index contributed by atoms with van der Waals surface area (Å²) in [5, 5.41) is 6.38. The molecule has 0 saturated carbocycles. The Morgan fingerprint density at radius 3 is 2.58 bits per heavy atom. The van der Waals surface area contributed by atoms with Gasteiger partial charge in [0.2, 0.25) is 0 Å². The van der Waals surface area contributed by atoms with Crippen LogP contribution in [0.2, 0.25) is 0 Å². The Kier molecular flexibility index (Phi) is 4.50. The van der Waals surface area contributed by atoms with Crippen LogP contribution in [0.15, 0.2) is 49.3 Å². The molecule has 19 heavy (non-hydrogen) atoms. The molecule has 1 aromatic carbocycles. The number of benzene rings is 1. The molecule has 0 aliphatic heterocycles. The SMILES string of the molecule is C=CCNc1cc(Nc2ccc(CC)cc2)ncn1. The molecule has 0 saturated heterocycles. The highest BCUT2D eigenvalue weighted by atomic mass is 15.1. The van der Waals surface area contributed by atoms with Crippen molar-refractivity contribution in [2.24, 2.45) is 0 Å². The molecule has 0 aliphatic rings. The highest BCUT2D eigenvalue weighted by Gasteiger charge is 1.99. The van der Waals surface area contributed by atoms with E-state index in [1.807, 2.05) is 6.07 Å². The molecule has 98 valence electrons. The van der Waals surface area contributed by atoms with E-state index in [4.69, 9.17) is 0 Å². The number of hydrogen-bond donors (Lipinski definition) is 2. The molecule has 2 N–H and O–H groups in total. The number of aromatic nitrogens is 2. The van der Waals surface area contributed by atoms with Gasteiger partial charge >= 0.3 is 0 Å². The summed E-state index contributed by atoms with van der Waals surface area (Å²) in [4.78, 5) is 8.33. The first-order valence-electron chi connectivity index (χ1n) is 6.34. The average molecular weight is 254 g/mol. The Morgan fingerprint density at radius 2 is 1.89 bits per heavy atom. The molecule has 0 radical (unpaired) electrons. The second-order valence-electron chi connectivity index (χ2n) is 4.13. The lowest BCUT2D eigenvalue weighted by Crippen LogP contribution is -2.02. The standard InChI is InChI=1S/C15H18N4/c1-3-9-16-14-10-15(18-11-17-14)19-13-7-5-12(4-2)6-8-13/h3,5-8,10-11H,1,4,9H2,2H3,(H2,16,17,18,19). The van der Waals surface area contributed by atoms with Crippen LogP contribution in [0.3, 0.4) is 0 Å². The van der Waals surface area contributed by atoms with Gasteiger partial charge in [-0.05, 0) is 24.1 Å². The molecule has 0 spiro atoms. The van der Waals surface area contributed by atoms with Gasteiger partial charge in [0.15, 0.2) is 0 Å². The van der Waals surface area contributed by atoms with Crippen molar-refractivity contribution in [3.05, 3.63) is 54.9 Å². The Morgan fingerprint density at radius 1 is 1.16 bits per heavy atom. The lowest BCUT2D eigenvalue weighted by Gasteiger charge is -2.08. The van der Waals surface area contributed by atoms with Crippen molar-refractivity contribution in [3.8, 4) is 0 Å². The van der Waals surface area contributed by atoms with Gasteiger partial charge in [-0.3, -0.25) is 0 Å². The molecular formula is C15H18N4. The largest absolute Gasteiger partial charge is 0.366 e. The Balaban J connectivity index is 2.06. The molecular weight excluding hydrogens is 236 g/mol. The van der Waals surface area contributed by atoms with Crippen LogP contribution in [0.1, 0.15) is 12.5 Å². The summed E-state index contributed by atoms with van der Waals surface area (Å²) >= 11 is 0. The highest BCUT2D eigenvalue weighted by molar-refractivity contribution is 5.59. The van der Waals surface area contributed by atoms with E-state index in [9.17, 15) is 0 Å². The zero-order valence-electron chi connectivity index (χ0n) is 11.1. The molecule has 0 amide bonds. The summed E-state index contributed by atoms with van der Waals surface area (Å²) in [6.07, 6.45) is 4.37. The third-order valence-electron chi connectivity index (χ3n) is 2.73. The minimum Gasteiger partial charge on any atom is -0.366 e. The molecule has 2 rings (SSSR count). The van der Waals surface area contributed by atoms with E-state index < -0.39 is 0 Å². The van der Waals surface area contributed by atoms with Gasteiger partial charge in [0, 0.05) is 18.3 Å². The van der Waals surface area contributed by atoms with Gasteiger partial charge in [0.05, 0.1) is 0 Å². The molecule has 0 aliphatic carbocycles. The van der Waals surface area contributed by atoms with E-state index in [1.165, 1.54) is 11.9 Å². The van der Waals surface area contributed by atoms with Gasteiger partial charge in [-0.2, -0.15) is 0 Å². The normalized spacial score (nSPS) is 9.95. The maximum atomic E-state index is 4.20. The van der Waals surface area contributed by atoms with Crippen LogP contribution in [-0.4, -0.2) is 16.5 Å². The zero-order valence-corrected chi connectivity index (χ0v) is 11.1. The lowest BCUT2D eigenvalue weighted by atomic mass is 10.1. The van der Waals surface area contributed by atoms with Crippen LogP contribution in [0.4, 0.5) is 17.3 Å². The van der Waals surface area contributed by atoms with Gasteiger partial charge in [-0.25, -0.2) is 9.97 Å². The highest BCUT2D eigenvalue weighted by Crippen LogP contribution is 2.17. The van der Waals surface area contributed by atoms with E-state index in [-0.39, 0.29) is 0 Å². The fourth-order valence-electron chi connectivity index (χ4n) is 1.67. The van der Waals surface area contributed by atoms with E-state index in [0.717, 1.165) is 23.7 Å². The van der Waals surface area contributed by atoms with Gasteiger partial charge in [-0.1, -0.05) is 25.1 Å². The first kappa shape index (κ1) is 13.1. The fraction of sp³-hybridized carbons (Fsp3) is 0.200. The Bertz CT molecular complexity index is 534. The zero-order chi connectivity index (χ0) is 13.5. The number of nitrogens with one attached hydrogen (secondary N) is 2. The summed E-state index contributed by atoms with van der Waals surface area (Å²) in [7, 11) is 0. The summed E-state index contributed by atoms with van der Waals surface area (Å²) in [5.74, 6) is 1.55. The number of anilines is 3. The van der Waals surface area contributed by atoms with Crippen molar-refractivity contribution in [1.29, 1.82) is 0 Å². The van der Waals surface area contributed by atoms with Crippen LogP contribution in [0, 0.1) is 0 Å². The van der Waals surface area contributed by atoms with Crippen molar-refractivity contribution < 1.29 is 0 Å². The van der Waals surface area contributed by atoms with Crippen LogP contribution >= 0.6 is 0 Å². The molecule has 1 aromatic heterocycles. The quantitative estimate of drug-likeness (QED) is 0.776. The second kappa shape index (κ2) is 6.54. The van der Waals surface area contributed by atoms with Crippen LogP contribution < -0.4 is 10.6 Å². The van der Waals surface area contributed by atoms with Crippen LogP contribution in [0.25, 0.3) is 0 Å². The summed E-state index contributed by atoms with van der Waals surface area (Å²) in [6.45, 7) is 6.49. The van der Waals surface area contributed by atoms with Crippen molar-refractivity contribution >= 4 is 17.3 Å². The summed E-state index contributed by atoms with van der Waals surface area (Å²) in [5.41, 5.74) is 2.34. The first-order chi connectivity index (χ1) is 9.31. The Hall–Kier alpha value is -2.36. The van der Waals surface area contributed by atoms with Crippen molar-refractivity contribution in [2.75, 3.05) is 17.2 Å². The minimum atomic E-state index is 0.682. The van der Waals surface area contributed by atoms with Gasteiger partial charge in [-0.15, -0.1) is 6.58 Å². The number of hydrogen-bond acceptors (Lipinski definition) is 4. The predicted octanol–water partition coefficient (Wildman–Crippen LogP) is 3.38. The fourth-order valence-corrected chi connectivity index (χ4v) is 1.67. The molecule has 0 bridgehead atoms. The lowest BCUT2D eigenvalue weighted by molar-refractivity contribution is 1.13. The number of nitrogens with zero attached hydrogens (tertiary/aromatic N) is 2. The number of aryl methyl sites for hydroxylation is 1. The van der Waals surface area contributed by atoms with Crippen molar-refractivity contribution in [3.63, 3.8) is 0 Å². The maximum Gasteiger partial charge on any atom is 0.135 e. The predicted molar refractivity (Wildman–Crippen MR) is 79.8 cm³/mol. The van der Waals surface area contributed by atoms with E-state index >= 15 is 0 Å². The number of rotatable bonds is 6. The third-order valence-corrected chi connectivity index (χ3v) is 2.73. The molecule has 4 heteroatoms. The molecule has 2 aromatic rings. The average Bonchev–Trinajstić information content (AvgIpc) is 2.46. The second-order valence-corrected chi connectivity index (χ2v) is 4.13. The minimum absolute atomic E-state index is 0.682. The van der Waals surface area contributed by atoms with E-state index in [0.29, 0.717) is 6.54 Å². The molecule has 0 atom stereocenters. The maximum absolute atomic E-state index is 4.20. The molecule has 4 nitrogen and oxygen atoms in total.